The first-order valence-corrected chi connectivity index (χ1v) is 8.82. The molecule has 142 valence electrons. The zero-order valence-corrected chi connectivity index (χ0v) is 15.2. The van der Waals surface area contributed by atoms with Gasteiger partial charge in [0.15, 0.2) is 0 Å². The number of benzene rings is 1. The third kappa shape index (κ3) is 3.91. The van der Waals surface area contributed by atoms with Crippen molar-refractivity contribution in [3.63, 3.8) is 0 Å². The van der Waals surface area contributed by atoms with Crippen LogP contribution in [0.1, 0.15) is 12.0 Å². The Morgan fingerprint density at radius 3 is 2.54 bits per heavy atom. The van der Waals surface area contributed by atoms with Gasteiger partial charge in [-0.25, -0.2) is 14.8 Å². The van der Waals surface area contributed by atoms with E-state index in [4.69, 9.17) is 0 Å². The molecule has 1 aromatic carbocycles. The van der Waals surface area contributed by atoms with E-state index in [0.29, 0.717) is 18.5 Å². The van der Waals surface area contributed by atoms with Crippen LogP contribution < -0.4 is 5.32 Å². The summed E-state index contributed by atoms with van der Waals surface area (Å²) in [5.41, 5.74) is -0.302. The molecule has 2 N–H and O–H groups in total. The molecule has 7 heteroatoms. The van der Waals surface area contributed by atoms with Gasteiger partial charge in [0.05, 0.1) is 0 Å². The summed E-state index contributed by atoms with van der Waals surface area (Å²) in [6.07, 6.45) is 7.45. The van der Waals surface area contributed by atoms with Crippen molar-refractivity contribution in [1.29, 1.82) is 0 Å². The average Bonchev–Trinajstić information content (AvgIpc) is 3.30. The van der Waals surface area contributed by atoms with E-state index in [1.165, 1.54) is 0 Å². The molecule has 7 nitrogen and oxygen atoms in total. The molecule has 3 aromatic rings. The Kier molecular flexibility index (Phi) is 6.11. The lowest BCUT2D eigenvalue weighted by atomic mass is 9.70. The van der Waals surface area contributed by atoms with Gasteiger partial charge in [-0.05, 0) is 30.7 Å². The SMILES string of the molecule is O=C=C1CNCCC1(C(=O)O)c1ccccc1.c1ccc(-n2ccnc2)nc1. The fraction of sp³-hybridized carbons (Fsp3) is 0.190. The fourth-order valence-electron chi connectivity index (χ4n) is 3.22. The predicted octanol–water partition coefficient (Wildman–Crippen LogP) is 2.03. The Bertz CT molecular complexity index is 952. The first kappa shape index (κ1) is 19.2. The summed E-state index contributed by atoms with van der Waals surface area (Å²) in [6.45, 7) is 0.858. The number of rotatable bonds is 3. The van der Waals surface area contributed by atoms with E-state index in [0.717, 1.165) is 5.82 Å². The molecule has 0 saturated carbocycles. The van der Waals surface area contributed by atoms with E-state index in [-0.39, 0.29) is 12.1 Å². The fourth-order valence-corrected chi connectivity index (χ4v) is 3.22. The van der Waals surface area contributed by atoms with Crippen molar-refractivity contribution in [2.75, 3.05) is 13.1 Å². The van der Waals surface area contributed by atoms with Crippen LogP contribution >= 0.6 is 0 Å². The van der Waals surface area contributed by atoms with E-state index in [2.05, 4.69) is 15.3 Å². The Labute approximate surface area is 162 Å². The highest BCUT2D eigenvalue weighted by atomic mass is 16.4. The van der Waals surface area contributed by atoms with Crippen LogP contribution in [0.25, 0.3) is 5.82 Å². The van der Waals surface area contributed by atoms with E-state index in [1.807, 2.05) is 35.0 Å². The van der Waals surface area contributed by atoms with Gasteiger partial charge in [0, 0.05) is 30.7 Å². The number of nitrogens with one attached hydrogen (secondary N) is 1. The van der Waals surface area contributed by atoms with Gasteiger partial charge in [-0.3, -0.25) is 9.36 Å². The summed E-state index contributed by atoms with van der Waals surface area (Å²) in [6, 6.07) is 14.7. The number of carbonyl (C=O) groups excluding carboxylic acids is 1. The molecular weight excluding hydrogens is 356 g/mol. The molecule has 1 unspecified atom stereocenters. The molecule has 1 fully saturated rings. The van der Waals surface area contributed by atoms with E-state index in [1.54, 1.807) is 48.9 Å². The normalized spacial score (nSPS) is 18.5. The second kappa shape index (κ2) is 8.90. The number of hydrogen-bond donors (Lipinski definition) is 2. The maximum Gasteiger partial charge on any atom is 0.319 e. The van der Waals surface area contributed by atoms with Gasteiger partial charge in [0.1, 0.15) is 23.5 Å². The van der Waals surface area contributed by atoms with Crippen molar-refractivity contribution >= 4 is 11.9 Å². The molecule has 4 rings (SSSR count). The Balaban J connectivity index is 0.000000176. The molecule has 2 aromatic heterocycles. The molecule has 0 spiro atoms. The smallest absolute Gasteiger partial charge is 0.319 e. The van der Waals surface area contributed by atoms with E-state index in [9.17, 15) is 14.7 Å². The molecule has 28 heavy (non-hydrogen) atoms. The Morgan fingerprint density at radius 2 is 1.93 bits per heavy atom. The van der Waals surface area contributed by atoms with Crippen molar-refractivity contribution in [2.45, 2.75) is 11.8 Å². The largest absolute Gasteiger partial charge is 0.480 e. The van der Waals surface area contributed by atoms with Crippen molar-refractivity contribution in [3.05, 3.63) is 84.6 Å². The third-order valence-electron chi connectivity index (χ3n) is 4.67. The van der Waals surface area contributed by atoms with Crippen LogP contribution in [-0.2, 0) is 15.0 Å². The van der Waals surface area contributed by atoms with Gasteiger partial charge in [-0.2, -0.15) is 0 Å². The molecule has 1 aliphatic rings. The molecule has 1 saturated heterocycles. The molecule has 0 amide bonds. The Morgan fingerprint density at radius 1 is 1.14 bits per heavy atom. The van der Waals surface area contributed by atoms with Crippen LogP contribution in [0.3, 0.4) is 0 Å². The van der Waals surface area contributed by atoms with Crippen LogP contribution in [0.15, 0.2) is 79.0 Å². The summed E-state index contributed by atoms with van der Waals surface area (Å²) in [4.78, 5) is 30.7. The summed E-state index contributed by atoms with van der Waals surface area (Å²) < 4.78 is 1.86. The molecular formula is C21H20N4O3. The molecule has 0 radical (unpaired) electrons. The second-order valence-electron chi connectivity index (χ2n) is 6.24. The van der Waals surface area contributed by atoms with Gasteiger partial charge in [0.2, 0.25) is 0 Å². The van der Waals surface area contributed by atoms with Gasteiger partial charge < -0.3 is 10.4 Å². The molecule has 3 heterocycles. The summed E-state index contributed by atoms with van der Waals surface area (Å²) in [5.74, 6) is 1.71. The summed E-state index contributed by atoms with van der Waals surface area (Å²) >= 11 is 0. The molecule has 1 atom stereocenters. The monoisotopic (exact) mass is 376 g/mol. The van der Waals surface area contributed by atoms with Crippen molar-refractivity contribution in [1.82, 2.24) is 19.9 Å². The van der Waals surface area contributed by atoms with Gasteiger partial charge in [0.25, 0.3) is 0 Å². The van der Waals surface area contributed by atoms with Gasteiger partial charge >= 0.3 is 5.97 Å². The number of carboxylic acid groups (broad SMARTS) is 1. The minimum atomic E-state index is -1.21. The maximum atomic E-state index is 11.6. The maximum absolute atomic E-state index is 11.6. The zero-order chi connectivity index (χ0) is 19.8. The standard InChI is InChI=1S/C13H13NO3.C8H7N3/c15-9-11-8-14-7-6-13(11,12(16)17)10-4-2-1-3-5-10;1-2-4-10-8(3-1)11-6-5-9-7-11/h1-5,14H,6-8H2,(H,16,17);1-7H. The van der Waals surface area contributed by atoms with Crippen molar-refractivity contribution in [2.24, 2.45) is 0 Å². The van der Waals surface area contributed by atoms with Crippen molar-refractivity contribution < 1.29 is 14.7 Å². The number of hydrogen-bond acceptors (Lipinski definition) is 5. The lowest BCUT2D eigenvalue weighted by molar-refractivity contribution is -0.142. The van der Waals surface area contributed by atoms with Crippen molar-refractivity contribution in [3.8, 4) is 5.82 Å². The van der Waals surface area contributed by atoms with Crippen LogP contribution in [0.4, 0.5) is 0 Å². The van der Waals surface area contributed by atoms with Crippen LogP contribution in [0, 0.1) is 0 Å². The lowest BCUT2D eigenvalue weighted by Gasteiger charge is -2.34. The highest BCUT2D eigenvalue weighted by molar-refractivity contribution is 5.89. The number of aliphatic carboxylic acids is 1. The van der Waals surface area contributed by atoms with Gasteiger partial charge in [-0.1, -0.05) is 36.4 Å². The number of aromatic nitrogens is 3. The number of imidazole rings is 1. The molecule has 1 aliphatic heterocycles. The van der Waals surface area contributed by atoms with Gasteiger partial charge in [-0.15, -0.1) is 0 Å². The number of piperidine rings is 1. The lowest BCUT2D eigenvalue weighted by Crippen LogP contribution is -2.48. The molecule has 0 bridgehead atoms. The summed E-state index contributed by atoms with van der Waals surface area (Å²) in [7, 11) is 0. The highest BCUT2D eigenvalue weighted by Crippen LogP contribution is 2.36. The minimum absolute atomic E-state index is 0.266. The average molecular weight is 376 g/mol. The number of pyridine rings is 1. The van der Waals surface area contributed by atoms with Crippen LogP contribution in [0.2, 0.25) is 0 Å². The number of carboxylic acids is 1. The first-order valence-electron chi connectivity index (χ1n) is 8.82. The van der Waals surface area contributed by atoms with Crippen LogP contribution in [0.5, 0.6) is 0 Å². The number of nitrogens with zero attached hydrogens (tertiary/aromatic N) is 3. The van der Waals surface area contributed by atoms with Crippen LogP contribution in [-0.4, -0.2) is 44.6 Å². The third-order valence-corrected chi connectivity index (χ3v) is 4.67. The minimum Gasteiger partial charge on any atom is -0.480 e. The predicted molar refractivity (Wildman–Crippen MR) is 104 cm³/mol. The summed E-state index contributed by atoms with van der Waals surface area (Å²) in [5, 5.41) is 12.5. The molecule has 0 aliphatic carbocycles. The first-order chi connectivity index (χ1) is 13.7. The van der Waals surface area contributed by atoms with E-state index >= 15 is 0 Å². The zero-order valence-electron chi connectivity index (χ0n) is 15.2. The topological polar surface area (TPSA) is 97.1 Å². The Hall–Kier alpha value is -3.54. The van der Waals surface area contributed by atoms with E-state index < -0.39 is 11.4 Å². The highest BCUT2D eigenvalue weighted by Gasteiger charge is 2.46. The second-order valence-corrected chi connectivity index (χ2v) is 6.24. The quantitative estimate of drug-likeness (QED) is 0.679. The number of carbonyl (C=O) groups is 1.